The summed E-state index contributed by atoms with van der Waals surface area (Å²) in [6.45, 7) is 2.23. The summed E-state index contributed by atoms with van der Waals surface area (Å²) in [6.07, 6.45) is 0.210. The fourth-order valence-corrected chi connectivity index (χ4v) is 3.08. The number of anilines is 1. The molecule has 0 fully saturated rings. The number of ether oxygens (including phenoxy) is 1. The minimum Gasteiger partial charge on any atom is -0.486 e. The molecule has 0 saturated carbocycles. The van der Waals surface area contributed by atoms with Crippen molar-refractivity contribution in [2.45, 2.75) is 20.0 Å². The fraction of sp³-hybridized carbons (Fsp3) is 0.235. The quantitative estimate of drug-likeness (QED) is 0.713. The zero-order valence-electron chi connectivity index (χ0n) is 13.8. The van der Waals surface area contributed by atoms with Crippen molar-refractivity contribution in [3.05, 3.63) is 57.1 Å². The maximum absolute atomic E-state index is 12.1. The lowest BCUT2D eigenvalue weighted by atomic mass is 10.3. The number of aromatic nitrogens is 3. The zero-order chi connectivity index (χ0) is 17.8. The first kappa shape index (κ1) is 17.4. The van der Waals surface area contributed by atoms with Crippen LogP contribution in [0.4, 0.5) is 5.82 Å². The number of halogens is 1. The minimum atomic E-state index is -0.126. The average Bonchev–Trinajstić information content (AvgIpc) is 3.13. The molecule has 3 rings (SSSR count). The maximum atomic E-state index is 12.1. The molecular formula is C17H17ClN4O2S. The molecule has 0 saturated heterocycles. The Hall–Kier alpha value is -2.38. The zero-order valence-corrected chi connectivity index (χ0v) is 15.4. The van der Waals surface area contributed by atoms with Gasteiger partial charge in [0, 0.05) is 23.5 Å². The Morgan fingerprint density at radius 1 is 1.36 bits per heavy atom. The van der Waals surface area contributed by atoms with E-state index in [9.17, 15) is 4.79 Å². The molecule has 0 aliphatic heterocycles. The van der Waals surface area contributed by atoms with Crippen LogP contribution in [0.2, 0.25) is 5.02 Å². The third kappa shape index (κ3) is 4.80. The lowest BCUT2D eigenvalue weighted by Gasteiger charge is -2.04. The van der Waals surface area contributed by atoms with Crippen molar-refractivity contribution in [3.63, 3.8) is 0 Å². The number of hydrogen-bond acceptors (Lipinski definition) is 5. The minimum absolute atomic E-state index is 0.126. The number of aryl methyl sites for hydroxylation is 2. The molecule has 0 aliphatic carbocycles. The summed E-state index contributed by atoms with van der Waals surface area (Å²) in [5.41, 5.74) is 1.57. The van der Waals surface area contributed by atoms with Crippen molar-refractivity contribution in [3.8, 4) is 5.75 Å². The van der Waals surface area contributed by atoms with E-state index in [2.05, 4.69) is 15.4 Å². The molecule has 1 amide bonds. The van der Waals surface area contributed by atoms with Gasteiger partial charge in [0.25, 0.3) is 0 Å². The molecule has 0 radical (unpaired) electrons. The Labute approximate surface area is 154 Å². The van der Waals surface area contributed by atoms with Crippen LogP contribution in [0.3, 0.4) is 0 Å². The summed E-state index contributed by atoms with van der Waals surface area (Å²) >= 11 is 7.31. The number of thiazole rings is 1. The van der Waals surface area contributed by atoms with Gasteiger partial charge in [0.2, 0.25) is 5.91 Å². The Morgan fingerprint density at radius 2 is 2.12 bits per heavy atom. The van der Waals surface area contributed by atoms with Crippen LogP contribution in [-0.2, 0) is 24.9 Å². The van der Waals surface area contributed by atoms with Crippen molar-refractivity contribution < 1.29 is 9.53 Å². The van der Waals surface area contributed by atoms with E-state index in [0.717, 1.165) is 22.1 Å². The van der Waals surface area contributed by atoms with E-state index < -0.39 is 0 Å². The van der Waals surface area contributed by atoms with Crippen molar-refractivity contribution in [2.75, 3.05) is 5.32 Å². The highest BCUT2D eigenvalue weighted by atomic mass is 35.5. The van der Waals surface area contributed by atoms with E-state index in [1.165, 1.54) is 11.3 Å². The third-order valence-electron chi connectivity index (χ3n) is 3.39. The molecule has 2 aromatic heterocycles. The van der Waals surface area contributed by atoms with Gasteiger partial charge in [0.15, 0.2) is 0 Å². The van der Waals surface area contributed by atoms with Crippen molar-refractivity contribution in [1.29, 1.82) is 0 Å². The number of rotatable bonds is 6. The summed E-state index contributed by atoms with van der Waals surface area (Å²) in [4.78, 5) is 16.6. The normalized spacial score (nSPS) is 10.7. The van der Waals surface area contributed by atoms with Crippen molar-refractivity contribution >= 4 is 34.7 Å². The van der Waals surface area contributed by atoms with E-state index >= 15 is 0 Å². The van der Waals surface area contributed by atoms with Gasteiger partial charge in [-0.15, -0.1) is 11.3 Å². The van der Waals surface area contributed by atoms with E-state index in [4.69, 9.17) is 16.3 Å². The SMILES string of the molecule is Cc1cc(NC(=O)Cc2csc(COc3ccc(Cl)cc3)n2)n(C)n1. The number of amides is 1. The van der Waals surface area contributed by atoms with Gasteiger partial charge in [-0.05, 0) is 31.2 Å². The first-order valence-corrected chi connectivity index (χ1v) is 8.87. The molecule has 2 heterocycles. The monoisotopic (exact) mass is 376 g/mol. The van der Waals surface area contributed by atoms with Crippen LogP contribution < -0.4 is 10.1 Å². The van der Waals surface area contributed by atoms with Crippen LogP contribution in [0.25, 0.3) is 0 Å². The summed E-state index contributed by atoms with van der Waals surface area (Å²) < 4.78 is 7.30. The fourth-order valence-electron chi connectivity index (χ4n) is 2.25. The predicted molar refractivity (Wildman–Crippen MR) is 98.2 cm³/mol. The number of carbonyl (C=O) groups excluding carboxylic acids is 1. The molecule has 8 heteroatoms. The number of nitrogens with one attached hydrogen (secondary N) is 1. The molecule has 0 unspecified atom stereocenters. The third-order valence-corrected chi connectivity index (χ3v) is 4.51. The number of nitrogens with zero attached hydrogens (tertiary/aromatic N) is 3. The number of benzene rings is 1. The van der Waals surface area contributed by atoms with Gasteiger partial charge in [-0.3, -0.25) is 9.48 Å². The van der Waals surface area contributed by atoms with Gasteiger partial charge in [0.05, 0.1) is 17.8 Å². The average molecular weight is 377 g/mol. The second-order valence-electron chi connectivity index (χ2n) is 5.49. The molecule has 0 aliphatic rings. The molecule has 130 valence electrons. The Kier molecular flexibility index (Phi) is 5.35. The smallest absolute Gasteiger partial charge is 0.231 e. The Morgan fingerprint density at radius 3 is 2.80 bits per heavy atom. The molecule has 6 nitrogen and oxygen atoms in total. The molecule has 0 bridgehead atoms. The van der Waals surface area contributed by atoms with E-state index in [1.807, 2.05) is 18.4 Å². The highest BCUT2D eigenvalue weighted by Crippen LogP contribution is 2.18. The highest BCUT2D eigenvalue weighted by molar-refractivity contribution is 7.09. The second-order valence-corrected chi connectivity index (χ2v) is 6.87. The molecule has 1 aromatic carbocycles. The van der Waals surface area contributed by atoms with Gasteiger partial charge < -0.3 is 10.1 Å². The predicted octanol–water partition coefficient (Wildman–Crippen LogP) is 3.60. The lowest BCUT2D eigenvalue weighted by Crippen LogP contribution is -2.16. The van der Waals surface area contributed by atoms with Crippen LogP contribution in [0.5, 0.6) is 5.75 Å². The van der Waals surface area contributed by atoms with E-state index in [1.54, 1.807) is 36.0 Å². The van der Waals surface area contributed by atoms with Gasteiger partial charge in [-0.1, -0.05) is 11.6 Å². The molecule has 1 N–H and O–H groups in total. The second kappa shape index (κ2) is 7.67. The van der Waals surface area contributed by atoms with Crippen LogP contribution in [0.15, 0.2) is 35.7 Å². The molecular weight excluding hydrogens is 360 g/mol. The molecule has 25 heavy (non-hydrogen) atoms. The number of carbonyl (C=O) groups is 1. The molecule has 0 spiro atoms. The van der Waals surface area contributed by atoms with E-state index in [-0.39, 0.29) is 12.3 Å². The van der Waals surface area contributed by atoms with Crippen LogP contribution >= 0.6 is 22.9 Å². The summed E-state index contributed by atoms with van der Waals surface area (Å²) in [6, 6.07) is 8.98. The van der Waals surface area contributed by atoms with Crippen molar-refractivity contribution in [1.82, 2.24) is 14.8 Å². The molecule has 0 atom stereocenters. The first-order chi connectivity index (χ1) is 12.0. The van der Waals surface area contributed by atoms with Crippen LogP contribution in [0, 0.1) is 6.92 Å². The largest absolute Gasteiger partial charge is 0.486 e. The first-order valence-electron chi connectivity index (χ1n) is 7.62. The standard InChI is InChI=1S/C17H17ClN4O2S/c1-11-7-15(22(2)21-11)20-16(23)8-13-10-25-17(19-13)9-24-14-5-3-12(18)4-6-14/h3-7,10H,8-9H2,1-2H3,(H,20,23). The number of hydrogen-bond donors (Lipinski definition) is 1. The molecule has 3 aromatic rings. The maximum Gasteiger partial charge on any atom is 0.231 e. The summed E-state index contributed by atoms with van der Waals surface area (Å²) in [5, 5.41) is 10.4. The van der Waals surface area contributed by atoms with Gasteiger partial charge in [-0.2, -0.15) is 5.10 Å². The van der Waals surface area contributed by atoms with Crippen LogP contribution in [0.1, 0.15) is 16.4 Å². The summed E-state index contributed by atoms with van der Waals surface area (Å²) in [5.74, 6) is 1.27. The van der Waals surface area contributed by atoms with Gasteiger partial charge in [0.1, 0.15) is 23.2 Å². The topological polar surface area (TPSA) is 69.0 Å². The van der Waals surface area contributed by atoms with E-state index in [0.29, 0.717) is 17.4 Å². The van der Waals surface area contributed by atoms with Crippen molar-refractivity contribution in [2.24, 2.45) is 7.05 Å². The van der Waals surface area contributed by atoms with Gasteiger partial charge in [-0.25, -0.2) is 4.98 Å². The summed E-state index contributed by atoms with van der Waals surface area (Å²) in [7, 11) is 1.79. The van der Waals surface area contributed by atoms with Crippen LogP contribution in [-0.4, -0.2) is 20.7 Å². The Balaban J connectivity index is 1.53. The highest BCUT2D eigenvalue weighted by Gasteiger charge is 2.11. The van der Waals surface area contributed by atoms with Gasteiger partial charge >= 0.3 is 0 Å². The lowest BCUT2D eigenvalue weighted by molar-refractivity contribution is -0.115. The Bertz CT molecular complexity index is 873.